The highest BCUT2D eigenvalue weighted by Crippen LogP contribution is 2.37. The van der Waals surface area contributed by atoms with Gasteiger partial charge < -0.3 is 29.5 Å². The third-order valence-corrected chi connectivity index (χ3v) is 5.37. The molecule has 8 nitrogen and oxygen atoms in total. The van der Waals surface area contributed by atoms with Crippen molar-refractivity contribution in [3.63, 3.8) is 0 Å². The molecule has 1 saturated heterocycles. The minimum Gasteiger partial charge on any atom is -0.394 e. The summed E-state index contributed by atoms with van der Waals surface area (Å²) < 4.78 is 7.66. The van der Waals surface area contributed by atoms with Crippen LogP contribution in [0.2, 0.25) is 5.02 Å². The SMILES string of the molecule is CCO/N=C1\N=CCc2c1ccn2[C@@H]1O[C@H]([C@H](O)c2ccc(Cl)cc2)[C@@H](O)[C@H]1O. The van der Waals surface area contributed by atoms with E-state index < -0.39 is 30.6 Å². The summed E-state index contributed by atoms with van der Waals surface area (Å²) in [6, 6.07) is 8.43. The molecule has 29 heavy (non-hydrogen) atoms. The minimum absolute atomic E-state index is 0.427. The molecular formula is C20H22ClN3O5. The largest absolute Gasteiger partial charge is 0.394 e. The molecule has 9 heteroatoms. The number of halogens is 1. The van der Waals surface area contributed by atoms with E-state index in [1.54, 1.807) is 41.2 Å². The molecule has 1 aromatic carbocycles. The predicted molar refractivity (Wildman–Crippen MR) is 107 cm³/mol. The van der Waals surface area contributed by atoms with Gasteiger partial charge in [-0.3, -0.25) is 0 Å². The van der Waals surface area contributed by atoms with Crippen LogP contribution in [0.15, 0.2) is 46.7 Å². The number of aliphatic hydroxyl groups excluding tert-OH is 3. The van der Waals surface area contributed by atoms with Crippen LogP contribution in [-0.2, 0) is 16.0 Å². The van der Waals surface area contributed by atoms with E-state index in [9.17, 15) is 15.3 Å². The van der Waals surface area contributed by atoms with E-state index in [-0.39, 0.29) is 0 Å². The number of rotatable bonds is 5. The Balaban J connectivity index is 1.59. The number of aliphatic imine (C=N–C) groups is 1. The number of nitrogens with zero attached hydrogens (tertiary/aromatic N) is 3. The molecule has 0 amide bonds. The number of hydrogen-bond donors (Lipinski definition) is 3. The van der Waals surface area contributed by atoms with Crippen molar-refractivity contribution in [2.24, 2.45) is 10.1 Å². The number of fused-ring (bicyclic) bond motifs is 1. The number of aromatic nitrogens is 1. The van der Waals surface area contributed by atoms with Crippen LogP contribution in [0.25, 0.3) is 0 Å². The first kappa shape index (κ1) is 20.1. The van der Waals surface area contributed by atoms with Crippen LogP contribution in [0.5, 0.6) is 0 Å². The number of oxime groups is 1. The number of aliphatic hydroxyl groups is 3. The van der Waals surface area contributed by atoms with Crippen LogP contribution >= 0.6 is 11.6 Å². The lowest BCUT2D eigenvalue weighted by atomic mass is 9.99. The molecule has 2 aliphatic rings. The Morgan fingerprint density at radius 3 is 2.76 bits per heavy atom. The van der Waals surface area contributed by atoms with Gasteiger partial charge in [0.05, 0.1) is 0 Å². The fourth-order valence-corrected chi connectivity index (χ4v) is 3.78. The Bertz CT molecular complexity index is 927. The number of benzene rings is 1. The van der Waals surface area contributed by atoms with Gasteiger partial charge in [0.15, 0.2) is 12.1 Å². The lowest BCUT2D eigenvalue weighted by molar-refractivity contribution is -0.0864. The van der Waals surface area contributed by atoms with Crippen molar-refractivity contribution in [2.75, 3.05) is 6.61 Å². The fraction of sp³-hybridized carbons (Fsp3) is 0.400. The molecular weight excluding hydrogens is 398 g/mol. The Hall–Kier alpha value is -2.23. The summed E-state index contributed by atoms with van der Waals surface area (Å²) in [6.45, 7) is 2.26. The van der Waals surface area contributed by atoms with Crippen LogP contribution in [0, 0.1) is 0 Å². The predicted octanol–water partition coefficient (Wildman–Crippen LogP) is 1.82. The zero-order valence-electron chi connectivity index (χ0n) is 15.7. The van der Waals surface area contributed by atoms with E-state index in [0.717, 1.165) is 11.3 Å². The summed E-state index contributed by atoms with van der Waals surface area (Å²) in [7, 11) is 0. The van der Waals surface area contributed by atoms with Crippen LogP contribution in [0.1, 0.15) is 36.1 Å². The molecule has 4 rings (SSSR count). The first-order valence-electron chi connectivity index (χ1n) is 9.39. The second-order valence-electron chi connectivity index (χ2n) is 6.90. The summed E-state index contributed by atoms with van der Waals surface area (Å²) in [6.07, 6.45) is -1.50. The van der Waals surface area contributed by atoms with Gasteiger partial charge >= 0.3 is 0 Å². The zero-order valence-corrected chi connectivity index (χ0v) is 16.5. The maximum absolute atomic E-state index is 10.7. The fourth-order valence-electron chi connectivity index (χ4n) is 3.65. The molecule has 3 N–H and O–H groups in total. The Labute approximate surface area is 172 Å². The summed E-state index contributed by atoms with van der Waals surface area (Å²) in [5.41, 5.74) is 2.14. The van der Waals surface area contributed by atoms with E-state index in [4.69, 9.17) is 21.2 Å². The van der Waals surface area contributed by atoms with Crippen molar-refractivity contribution in [2.45, 2.75) is 44.0 Å². The minimum atomic E-state index is -1.27. The van der Waals surface area contributed by atoms with Gasteiger partial charge in [-0.2, -0.15) is 0 Å². The van der Waals surface area contributed by atoms with Gasteiger partial charge in [0, 0.05) is 35.1 Å². The van der Waals surface area contributed by atoms with Crippen molar-refractivity contribution < 1.29 is 24.9 Å². The third-order valence-electron chi connectivity index (χ3n) is 5.12. The molecule has 0 saturated carbocycles. The highest BCUT2D eigenvalue weighted by Gasteiger charge is 2.47. The van der Waals surface area contributed by atoms with Crippen LogP contribution in [-0.4, -0.2) is 56.9 Å². The molecule has 0 spiro atoms. The molecule has 0 aliphatic carbocycles. The van der Waals surface area contributed by atoms with E-state index in [1.165, 1.54) is 0 Å². The standard InChI is InChI=1S/C20H22ClN3O5/c1-2-28-23-19-13-8-10-24(14(13)7-9-22-19)20-17(27)16(26)18(29-20)15(25)11-3-5-12(21)6-4-11/h3-6,8-10,15-18,20,25-27H,2,7H2,1H3/b23-19-/t15-,16+,17-,18-,20-/m1/s1. The Morgan fingerprint density at radius 1 is 1.28 bits per heavy atom. The van der Waals surface area contributed by atoms with Crippen LogP contribution in [0.4, 0.5) is 0 Å². The first-order valence-corrected chi connectivity index (χ1v) is 9.76. The molecule has 3 heterocycles. The molecule has 0 unspecified atom stereocenters. The van der Waals surface area contributed by atoms with Gasteiger partial charge in [-0.25, -0.2) is 4.99 Å². The van der Waals surface area contributed by atoms with Crippen LogP contribution < -0.4 is 0 Å². The van der Waals surface area contributed by atoms with Crippen molar-refractivity contribution in [1.82, 2.24) is 4.57 Å². The average Bonchev–Trinajstić information content (AvgIpc) is 3.28. The molecule has 2 aromatic rings. The van der Waals surface area contributed by atoms with E-state index in [2.05, 4.69) is 10.1 Å². The normalized spacial score (nSPS) is 28.5. The first-order chi connectivity index (χ1) is 14.0. The van der Waals surface area contributed by atoms with Gasteiger partial charge in [0.25, 0.3) is 0 Å². The molecule has 5 atom stereocenters. The number of amidine groups is 1. The molecule has 0 radical (unpaired) electrons. The lowest BCUT2D eigenvalue weighted by Crippen LogP contribution is -2.35. The third kappa shape index (κ3) is 3.70. The maximum atomic E-state index is 10.7. The van der Waals surface area contributed by atoms with Gasteiger partial charge in [0.2, 0.25) is 0 Å². The molecule has 154 valence electrons. The van der Waals surface area contributed by atoms with E-state index in [0.29, 0.717) is 29.4 Å². The molecule has 2 aliphatic heterocycles. The summed E-state index contributed by atoms with van der Waals surface area (Å²) in [5, 5.41) is 36.4. The summed E-state index contributed by atoms with van der Waals surface area (Å²) in [5.74, 6) is 0.442. The van der Waals surface area contributed by atoms with E-state index >= 15 is 0 Å². The van der Waals surface area contributed by atoms with E-state index in [1.807, 2.05) is 13.0 Å². The van der Waals surface area contributed by atoms with Crippen LogP contribution in [0.3, 0.4) is 0 Å². The quantitative estimate of drug-likeness (QED) is 0.640. The van der Waals surface area contributed by atoms with Gasteiger partial charge in [-0.1, -0.05) is 28.9 Å². The van der Waals surface area contributed by atoms with Crippen molar-refractivity contribution in [3.05, 3.63) is 58.4 Å². The van der Waals surface area contributed by atoms with Crippen molar-refractivity contribution in [1.29, 1.82) is 0 Å². The van der Waals surface area contributed by atoms with Gasteiger partial charge in [0.1, 0.15) is 31.0 Å². The van der Waals surface area contributed by atoms with Gasteiger partial charge in [-0.15, -0.1) is 0 Å². The topological polar surface area (TPSA) is 109 Å². The Kier molecular flexibility index (Phi) is 5.71. The lowest BCUT2D eigenvalue weighted by Gasteiger charge is -2.22. The highest BCUT2D eigenvalue weighted by molar-refractivity contribution is 6.30. The second kappa shape index (κ2) is 8.25. The second-order valence-corrected chi connectivity index (χ2v) is 7.34. The average molecular weight is 420 g/mol. The smallest absolute Gasteiger partial charge is 0.200 e. The van der Waals surface area contributed by atoms with Gasteiger partial charge in [-0.05, 0) is 30.7 Å². The molecule has 0 bridgehead atoms. The molecule has 1 fully saturated rings. The number of ether oxygens (including phenoxy) is 1. The van der Waals surface area contributed by atoms with Crippen molar-refractivity contribution in [3.8, 4) is 0 Å². The number of hydrogen-bond acceptors (Lipinski definition) is 6. The van der Waals surface area contributed by atoms with Crippen molar-refractivity contribution >= 4 is 23.7 Å². The summed E-state index contributed by atoms with van der Waals surface area (Å²) >= 11 is 5.89. The summed E-state index contributed by atoms with van der Waals surface area (Å²) in [4.78, 5) is 9.37. The highest BCUT2D eigenvalue weighted by atomic mass is 35.5. The maximum Gasteiger partial charge on any atom is 0.200 e. The molecule has 1 aromatic heterocycles. The zero-order chi connectivity index (χ0) is 20.5. The monoisotopic (exact) mass is 419 g/mol. The Morgan fingerprint density at radius 2 is 2.03 bits per heavy atom.